The minimum absolute atomic E-state index is 0.303. The second-order valence-corrected chi connectivity index (χ2v) is 7.77. The zero-order valence-electron chi connectivity index (χ0n) is 17.6. The van der Waals surface area contributed by atoms with Crippen LogP contribution in [-0.2, 0) is 6.42 Å². The summed E-state index contributed by atoms with van der Waals surface area (Å²) in [4.78, 5) is 0. The predicted molar refractivity (Wildman–Crippen MR) is 125 cm³/mol. The normalized spacial score (nSPS) is 10.7. The summed E-state index contributed by atoms with van der Waals surface area (Å²) in [5, 5.41) is 1.32. The smallest absolute Gasteiger partial charge is 0.138 e. The molecule has 0 radical (unpaired) electrons. The maximum atomic E-state index is 15.1. The summed E-state index contributed by atoms with van der Waals surface area (Å²) in [6.45, 7) is 2.21. The van der Waals surface area contributed by atoms with Crippen molar-refractivity contribution < 1.29 is 8.78 Å². The number of benzene rings is 4. The summed E-state index contributed by atoms with van der Waals surface area (Å²) in [5.41, 5.74) is 4.27. The Morgan fingerprint density at radius 1 is 0.710 bits per heavy atom. The molecule has 0 unspecified atom stereocenters. The van der Waals surface area contributed by atoms with E-state index in [1.54, 1.807) is 24.3 Å². The standard InChI is InChI=1S/C29H24F2/c1-2-3-4-5-21-6-8-22(9-7-21)10-11-23-12-18-28-25(20-23)15-19-27(29(28)31)24-13-16-26(30)17-14-24/h6-9,12-20H,2-5H2,1H3. The molecule has 0 atom stereocenters. The van der Waals surface area contributed by atoms with Gasteiger partial charge in [0.1, 0.15) is 11.6 Å². The molecule has 0 N–H and O–H groups in total. The lowest BCUT2D eigenvalue weighted by molar-refractivity contribution is 0.627. The number of fused-ring (bicyclic) bond motifs is 1. The van der Waals surface area contributed by atoms with Crippen molar-refractivity contribution in [1.29, 1.82) is 0 Å². The van der Waals surface area contributed by atoms with Crippen LogP contribution in [0.5, 0.6) is 0 Å². The molecular formula is C29H24F2. The average Bonchev–Trinajstić information content (AvgIpc) is 2.80. The first-order chi connectivity index (χ1) is 15.1. The highest BCUT2D eigenvalue weighted by Crippen LogP contribution is 2.29. The third-order valence-corrected chi connectivity index (χ3v) is 5.48. The summed E-state index contributed by atoms with van der Waals surface area (Å²) < 4.78 is 28.2. The summed E-state index contributed by atoms with van der Waals surface area (Å²) in [6.07, 6.45) is 4.82. The number of aryl methyl sites for hydroxylation is 1. The molecule has 0 spiro atoms. The van der Waals surface area contributed by atoms with Gasteiger partial charge in [-0.05, 0) is 65.8 Å². The van der Waals surface area contributed by atoms with E-state index < -0.39 is 0 Å². The van der Waals surface area contributed by atoms with Crippen LogP contribution < -0.4 is 0 Å². The van der Waals surface area contributed by atoms with Gasteiger partial charge in [0.15, 0.2) is 0 Å². The van der Waals surface area contributed by atoms with Gasteiger partial charge in [-0.1, -0.05) is 74.1 Å². The van der Waals surface area contributed by atoms with Gasteiger partial charge in [-0.3, -0.25) is 0 Å². The maximum absolute atomic E-state index is 15.1. The molecule has 0 fully saturated rings. The Labute approximate surface area is 182 Å². The molecule has 2 heteroatoms. The van der Waals surface area contributed by atoms with Crippen molar-refractivity contribution >= 4 is 10.8 Å². The quantitative estimate of drug-likeness (QED) is 0.232. The fourth-order valence-corrected chi connectivity index (χ4v) is 3.70. The van der Waals surface area contributed by atoms with Gasteiger partial charge in [-0.2, -0.15) is 0 Å². The lowest BCUT2D eigenvalue weighted by Crippen LogP contribution is -1.88. The van der Waals surface area contributed by atoms with Crippen molar-refractivity contribution in [2.75, 3.05) is 0 Å². The number of hydrogen-bond donors (Lipinski definition) is 0. The van der Waals surface area contributed by atoms with Crippen molar-refractivity contribution in [2.45, 2.75) is 32.6 Å². The fraction of sp³-hybridized carbons (Fsp3) is 0.172. The van der Waals surface area contributed by atoms with E-state index in [0.29, 0.717) is 16.5 Å². The summed E-state index contributed by atoms with van der Waals surface area (Å²) in [5.74, 6) is 5.74. The number of hydrogen-bond acceptors (Lipinski definition) is 0. The molecule has 0 aliphatic carbocycles. The van der Waals surface area contributed by atoms with E-state index in [4.69, 9.17) is 0 Å². The van der Waals surface area contributed by atoms with Crippen LogP contribution >= 0.6 is 0 Å². The third-order valence-electron chi connectivity index (χ3n) is 5.48. The molecule has 31 heavy (non-hydrogen) atoms. The van der Waals surface area contributed by atoms with Crippen molar-refractivity contribution in [3.05, 3.63) is 107 Å². The maximum Gasteiger partial charge on any atom is 0.138 e. The molecule has 154 valence electrons. The Kier molecular flexibility index (Phi) is 6.43. The van der Waals surface area contributed by atoms with Gasteiger partial charge >= 0.3 is 0 Å². The largest absolute Gasteiger partial charge is 0.207 e. The van der Waals surface area contributed by atoms with Crippen LogP contribution in [0.1, 0.15) is 42.9 Å². The summed E-state index contributed by atoms with van der Waals surface area (Å²) in [6, 6.07) is 23.4. The molecule has 0 aliphatic rings. The van der Waals surface area contributed by atoms with Crippen molar-refractivity contribution in [3.63, 3.8) is 0 Å². The molecule has 4 aromatic carbocycles. The van der Waals surface area contributed by atoms with Gasteiger partial charge in [0.25, 0.3) is 0 Å². The van der Waals surface area contributed by atoms with Crippen LogP contribution in [0.3, 0.4) is 0 Å². The van der Waals surface area contributed by atoms with Gasteiger partial charge in [0.2, 0.25) is 0 Å². The first-order valence-corrected chi connectivity index (χ1v) is 10.7. The van der Waals surface area contributed by atoms with Gasteiger partial charge in [0.05, 0.1) is 0 Å². The van der Waals surface area contributed by atoms with Gasteiger partial charge in [-0.15, -0.1) is 0 Å². The third kappa shape index (κ3) is 5.01. The number of unbranched alkanes of at least 4 members (excludes halogenated alkanes) is 2. The van der Waals surface area contributed by atoms with E-state index in [1.807, 2.05) is 18.2 Å². The number of rotatable bonds is 5. The van der Waals surface area contributed by atoms with Crippen molar-refractivity contribution in [3.8, 4) is 23.0 Å². The fourth-order valence-electron chi connectivity index (χ4n) is 3.70. The van der Waals surface area contributed by atoms with Gasteiger partial charge in [-0.25, -0.2) is 8.78 Å². The second kappa shape index (κ2) is 9.58. The Balaban J connectivity index is 1.55. The molecule has 0 heterocycles. The zero-order chi connectivity index (χ0) is 21.6. The van der Waals surface area contributed by atoms with Crippen molar-refractivity contribution in [2.24, 2.45) is 0 Å². The lowest BCUT2D eigenvalue weighted by atomic mass is 9.99. The van der Waals surface area contributed by atoms with E-state index in [1.165, 1.54) is 37.0 Å². The minimum atomic E-state index is -0.334. The number of halogens is 2. The molecule has 0 bridgehead atoms. The zero-order valence-corrected chi connectivity index (χ0v) is 17.6. The highest BCUT2D eigenvalue weighted by molar-refractivity contribution is 5.89. The van der Waals surface area contributed by atoms with E-state index in [0.717, 1.165) is 22.9 Å². The van der Waals surface area contributed by atoms with Crippen LogP contribution in [-0.4, -0.2) is 0 Å². The highest BCUT2D eigenvalue weighted by Gasteiger charge is 2.10. The minimum Gasteiger partial charge on any atom is -0.207 e. The Hall–Kier alpha value is -3.44. The van der Waals surface area contributed by atoms with Crippen LogP contribution in [0.15, 0.2) is 78.9 Å². The SMILES string of the molecule is CCCCCc1ccc(C#Cc2ccc3c(F)c(-c4ccc(F)cc4)ccc3c2)cc1. The van der Waals surface area contributed by atoms with E-state index in [-0.39, 0.29) is 11.6 Å². The van der Waals surface area contributed by atoms with E-state index in [9.17, 15) is 4.39 Å². The van der Waals surface area contributed by atoms with Crippen LogP contribution in [0.4, 0.5) is 8.78 Å². The topological polar surface area (TPSA) is 0 Å². The Bertz CT molecular complexity index is 1240. The summed E-state index contributed by atoms with van der Waals surface area (Å²) in [7, 11) is 0. The van der Waals surface area contributed by atoms with Gasteiger partial charge in [0, 0.05) is 22.1 Å². The Morgan fingerprint density at radius 2 is 1.42 bits per heavy atom. The monoisotopic (exact) mass is 410 g/mol. The molecule has 0 aromatic heterocycles. The molecule has 0 amide bonds. The molecule has 0 aliphatic heterocycles. The first-order valence-electron chi connectivity index (χ1n) is 10.7. The molecular weight excluding hydrogens is 386 g/mol. The average molecular weight is 411 g/mol. The molecule has 4 aromatic rings. The lowest BCUT2D eigenvalue weighted by Gasteiger charge is -2.07. The second-order valence-electron chi connectivity index (χ2n) is 7.77. The Morgan fingerprint density at radius 3 is 2.16 bits per heavy atom. The van der Waals surface area contributed by atoms with E-state index >= 15 is 4.39 Å². The molecule has 0 saturated heterocycles. The predicted octanol–water partition coefficient (Wildman–Crippen LogP) is 7.92. The summed E-state index contributed by atoms with van der Waals surface area (Å²) >= 11 is 0. The molecule has 0 saturated carbocycles. The van der Waals surface area contributed by atoms with Crippen molar-refractivity contribution in [1.82, 2.24) is 0 Å². The van der Waals surface area contributed by atoms with Crippen LogP contribution in [0, 0.1) is 23.5 Å². The van der Waals surface area contributed by atoms with E-state index in [2.05, 4.69) is 43.0 Å². The molecule has 0 nitrogen and oxygen atoms in total. The van der Waals surface area contributed by atoms with Crippen LogP contribution in [0.2, 0.25) is 0 Å². The van der Waals surface area contributed by atoms with Crippen LogP contribution in [0.25, 0.3) is 21.9 Å². The first kappa shape index (κ1) is 20.8. The highest BCUT2D eigenvalue weighted by atomic mass is 19.1. The van der Waals surface area contributed by atoms with Gasteiger partial charge < -0.3 is 0 Å². The molecule has 4 rings (SSSR count).